The molecule has 27 heavy (non-hydrogen) atoms. The number of nitrogens with one attached hydrogen (secondary N) is 1. The lowest BCUT2D eigenvalue weighted by atomic mass is 9.76. The molecule has 1 saturated carbocycles. The van der Waals surface area contributed by atoms with Gasteiger partial charge in [0.15, 0.2) is 5.82 Å². The molecule has 146 valence electrons. The van der Waals surface area contributed by atoms with Crippen molar-refractivity contribution in [2.75, 3.05) is 0 Å². The van der Waals surface area contributed by atoms with Crippen molar-refractivity contribution in [3.05, 3.63) is 41.5 Å². The molecule has 1 aliphatic heterocycles. The topological polar surface area (TPSA) is 52.0 Å². The van der Waals surface area contributed by atoms with E-state index in [-0.39, 0.29) is 12.3 Å². The Morgan fingerprint density at radius 3 is 2.89 bits per heavy atom. The smallest absolute Gasteiger partial charge is 0.306 e. The average Bonchev–Trinajstić information content (AvgIpc) is 2.98. The number of hydrogen-bond acceptors (Lipinski definition) is 4. The Morgan fingerprint density at radius 2 is 2.15 bits per heavy atom. The average molecular weight is 401 g/mol. The highest BCUT2D eigenvalue weighted by atomic mass is 35.5. The zero-order valence-electron chi connectivity index (χ0n) is 14.8. The highest BCUT2D eigenvalue weighted by Gasteiger charge is 2.44. The molecule has 5 nitrogen and oxygen atoms in total. The van der Waals surface area contributed by atoms with Crippen molar-refractivity contribution in [2.24, 2.45) is 5.92 Å². The molecule has 0 spiro atoms. The maximum Gasteiger partial charge on any atom is 0.522 e. The quantitative estimate of drug-likeness (QED) is 0.773. The van der Waals surface area contributed by atoms with Crippen molar-refractivity contribution in [2.45, 2.75) is 56.6 Å². The van der Waals surface area contributed by atoms with E-state index in [1.54, 1.807) is 13.3 Å². The number of rotatable bonds is 2. The molecule has 1 fully saturated rings. The number of hydrogen-bond donors (Lipinski definition) is 1. The van der Waals surface area contributed by atoms with E-state index >= 15 is 0 Å². The minimum Gasteiger partial charge on any atom is -0.306 e. The molecule has 1 aromatic carbocycles. The third-order valence-corrected chi connectivity index (χ3v) is 6.03. The molecular formula is C18H20ClF3N4O. The fourth-order valence-electron chi connectivity index (χ4n) is 4.14. The van der Waals surface area contributed by atoms with E-state index in [0.29, 0.717) is 25.9 Å². The predicted molar refractivity (Wildman–Crippen MR) is 93.4 cm³/mol. The van der Waals surface area contributed by atoms with Crippen molar-refractivity contribution in [3.8, 4) is 5.69 Å². The summed E-state index contributed by atoms with van der Waals surface area (Å²) in [6, 6.07) is 5.98. The van der Waals surface area contributed by atoms with Crippen LogP contribution in [0.4, 0.5) is 13.2 Å². The molecule has 0 bridgehead atoms. The Morgan fingerprint density at radius 1 is 1.33 bits per heavy atom. The Kier molecular flexibility index (Phi) is 4.68. The minimum absolute atomic E-state index is 0.273. The summed E-state index contributed by atoms with van der Waals surface area (Å²) in [6.45, 7) is 3.04. The predicted octanol–water partition coefficient (Wildman–Crippen LogP) is 4.03. The van der Waals surface area contributed by atoms with Crippen molar-refractivity contribution in [1.82, 2.24) is 20.1 Å². The second-order valence-corrected chi connectivity index (χ2v) is 8.08. The van der Waals surface area contributed by atoms with Gasteiger partial charge in [-0.15, -0.1) is 35.0 Å². The van der Waals surface area contributed by atoms with E-state index in [1.165, 1.54) is 0 Å². The molecule has 3 atom stereocenters. The first-order valence-corrected chi connectivity index (χ1v) is 9.30. The SMILES string of the molecule is CC1CC(Cl)(c2ccc3c(c2)CNCc2nncn2-3)CCC1OC(F)(F)F. The van der Waals surface area contributed by atoms with Crippen LogP contribution in [0.5, 0.6) is 0 Å². The lowest BCUT2D eigenvalue weighted by Gasteiger charge is -2.40. The van der Waals surface area contributed by atoms with E-state index in [1.807, 2.05) is 22.8 Å². The lowest BCUT2D eigenvalue weighted by molar-refractivity contribution is -0.350. The Bertz CT molecular complexity index is 840. The first kappa shape index (κ1) is 18.7. The van der Waals surface area contributed by atoms with E-state index < -0.39 is 17.3 Å². The van der Waals surface area contributed by atoms with Crippen LogP contribution in [0, 0.1) is 5.92 Å². The number of halogens is 4. The maximum absolute atomic E-state index is 12.6. The molecule has 0 radical (unpaired) electrons. The largest absolute Gasteiger partial charge is 0.522 e. The first-order chi connectivity index (χ1) is 12.8. The van der Waals surface area contributed by atoms with Gasteiger partial charge in [0.2, 0.25) is 0 Å². The van der Waals surface area contributed by atoms with Crippen molar-refractivity contribution in [1.29, 1.82) is 0 Å². The molecule has 0 amide bonds. The van der Waals surface area contributed by atoms with Crippen LogP contribution in [0.25, 0.3) is 5.69 Å². The van der Waals surface area contributed by atoms with Gasteiger partial charge in [0.1, 0.15) is 6.33 Å². The van der Waals surface area contributed by atoms with Crippen LogP contribution in [0.2, 0.25) is 0 Å². The van der Waals surface area contributed by atoms with Crippen LogP contribution in [-0.2, 0) is 22.7 Å². The molecule has 1 aliphatic carbocycles. The second kappa shape index (κ2) is 6.76. The zero-order valence-corrected chi connectivity index (χ0v) is 15.5. The van der Waals surface area contributed by atoms with Crippen molar-refractivity contribution >= 4 is 11.6 Å². The Balaban J connectivity index is 1.59. The fourth-order valence-corrected chi connectivity index (χ4v) is 4.61. The van der Waals surface area contributed by atoms with Gasteiger partial charge in [0.05, 0.1) is 23.2 Å². The third-order valence-electron chi connectivity index (χ3n) is 5.46. The molecule has 4 rings (SSSR count). The van der Waals surface area contributed by atoms with Gasteiger partial charge < -0.3 is 5.32 Å². The standard InChI is InChI=1S/C18H20ClF3N4O/c1-11-7-17(19,5-4-15(11)27-18(20,21)22)13-2-3-14-12(6-13)8-23-9-16-25-24-10-26(14)16/h2-3,6,10-11,15,23H,4-5,7-9H2,1H3. The van der Waals surface area contributed by atoms with E-state index in [9.17, 15) is 13.2 Å². The van der Waals surface area contributed by atoms with Crippen molar-refractivity contribution in [3.63, 3.8) is 0 Å². The van der Waals surface area contributed by atoms with Crippen LogP contribution in [0.3, 0.4) is 0 Å². The highest BCUT2D eigenvalue weighted by Crippen LogP contribution is 2.47. The molecule has 2 aliphatic rings. The van der Waals surface area contributed by atoms with Gasteiger partial charge in [0.25, 0.3) is 0 Å². The van der Waals surface area contributed by atoms with Gasteiger partial charge in [-0.2, -0.15) is 0 Å². The second-order valence-electron chi connectivity index (χ2n) is 7.35. The number of aromatic nitrogens is 3. The Hall–Kier alpha value is -1.64. The lowest BCUT2D eigenvalue weighted by Crippen LogP contribution is -2.39. The number of nitrogens with zero attached hydrogens (tertiary/aromatic N) is 3. The summed E-state index contributed by atoms with van der Waals surface area (Å²) >= 11 is 6.91. The summed E-state index contributed by atoms with van der Waals surface area (Å²) in [5.74, 6) is 0.541. The summed E-state index contributed by atoms with van der Waals surface area (Å²) in [6.07, 6.45) is -2.65. The Labute approximate surface area is 159 Å². The van der Waals surface area contributed by atoms with E-state index in [0.717, 1.165) is 22.6 Å². The molecule has 1 aromatic heterocycles. The van der Waals surface area contributed by atoms with Gasteiger partial charge in [-0.05, 0) is 42.4 Å². The molecule has 2 heterocycles. The maximum atomic E-state index is 12.6. The number of ether oxygens (including phenoxy) is 1. The van der Waals surface area contributed by atoms with Crippen molar-refractivity contribution < 1.29 is 17.9 Å². The number of alkyl halides is 4. The summed E-state index contributed by atoms with van der Waals surface area (Å²) < 4.78 is 43.9. The highest BCUT2D eigenvalue weighted by molar-refractivity contribution is 6.24. The summed E-state index contributed by atoms with van der Waals surface area (Å²) in [7, 11) is 0. The monoisotopic (exact) mass is 400 g/mol. The van der Waals surface area contributed by atoms with Gasteiger partial charge in [-0.1, -0.05) is 19.1 Å². The van der Waals surface area contributed by atoms with Crippen LogP contribution >= 0.6 is 11.6 Å². The van der Waals surface area contributed by atoms with Gasteiger partial charge in [0, 0.05) is 6.54 Å². The summed E-state index contributed by atoms with van der Waals surface area (Å²) in [5, 5.41) is 11.4. The normalized spacial score (nSPS) is 28.3. The van der Waals surface area contributed by atoms with Gasteiger partial charge in [-0.25, -0.2) is 0 Å². The summed E-state index contributed by atoms with van der Waals surface area (Å²) in [5.41, 5.74) is 2.98. The minimum atomic E-state index is -4.61. The summed E-state index contributed by atoms with van der Waals surface area (Å²) in [4.78, 5) is -0.692. The molecule has 9 heteroatoms. The molecule has 1 N–H and O–H groups in total. The van der Waals surface area contributed by atoms with Gasteiger partial charge in [-0.3, -0.25) is 9.30 Å². The third kappa shape index (κ3) is 3.70. The van der Waals surface area contributed by atoms with Crippen LogP contribution in [-0.4, -0.2) is 27.2 Å². The van der Waals surface area contributed by atoms with Crippen LogP contribution in [0.15, 0.2) is 24.5 Å². The zero-order chi connectivity index (χ0) is 19.2. The fraction of sp³-hybridized carbons (Fsp3) is 0.556. The molecule has 2 aromatic rings. The van der Waals surface area contributed by atoms with E-state index in [4.69, 9.17) is 11.6 Å². The first-order valence-electron chi connectivity index (χ1n) is 8.92. The van der Waals surface area contributed by atoms with E-state index in [2.05, 4.69) is 20.3 Å². The molecule has 0 saturated heterocycles. The van der Waals surface area contributed by atoms with Gasteiger partial charge >= 0.3 is 6.36 Å². The number of fused-ring (bicyclic) bond motifs is 3. The van der Waals surface area contributed by atoms with Crippen LogP contribution < -0.4 is 5.32 Å². The molecular weight excluding hydrogens is 381 g/mol. The van der Waals surface area contributed by atoms with Crippen LogP contribution in [0.1, 0.15) is 43.1 Å². The number of benzene rings is 1. The molecule has 3 unspecified atom stereocenters.